The molecule has 1 saturated heterocycles. The fourth-order valence-electron chi connectivity index (χ4n) is 2.89. The van der Waals surface area contributed by atoms with Gasteiger partial charge < -0.3 is 4.74 Å². The van der Waals surface area contributed by atoms with Gasteiger partial charge in [0.05, 0.1) is 19.1 Å². The third-order valence-corrected chi connectivity index (χ3v) is 4.94. The van der Waals surface area contributed by atoms with Crippen molar-refractivity contribution < 1.29 is 18.7 Å². The zero-order valence-corrected chi connectivity index (χ0v) is 13.7. The first-order valence-corrected chi connectivity index (χ1v) is 8.10. The number of thiophene rings is 1. The van der Waals surface area contributed by atoms with E-state index in [1.54, 1.807) is 6.92 Å². The van der Waals surface area contributed by atoms with Crippen LogP contribution in [0.25, 0.3) is 0 Å². The van der Waals surface area contributed by atoms with Gasteiger partial charge in [-0.05, 0) is 47.5 Å². The van der Waals surface area contributed by atoms with Crippen LogP contribution in [0.1, 0.15) is 24.5 Å². The van der Waals surface area contributed by atoms with Crippen molar-refractivity contribution in [1.82, 2.24) is 4.90 Å². The number of ether oxygens (including phenoxy) is 1. The molecule has 0 radical (unpaired) electrons. The van der Waals surface area contributed by atoms with Crippen molar-refractivity contribution in [2.45, 2.75) is 25.3 Å². The summed E-state index contributed by atoms with van der Waals surface area (Å²) < 4.78 is 18.7. The highest BCUT2D eigenvalue weighted by Gasteiger charge is 2.49. The monoisotopic (exact) mass is 333 g/mol. The van der Waals surface area contributed by atoms with Crippen LogP contribution in [0.3, 0.4) is 0 Å². The molecule has 1 fully saturated rings. The Morgan fingerprint density at radius 3 is 2.78 bits per heavy atom. The van der Waals surface area contributed by atoms with Gasteiger partial charge in [0.1, 0.15) is 11.6 Å². The lowest BCUT2D eigenvalue weighted by atomic mass is 9.83. The van der Waals surface area contributed by atoms with Gasteiger partial charge in [-0.1, -0.05) is 0 Å². The summed E-state index contributed by atoms with van der Waals surface area (Å²) >= 11 is 1.49. The fraction of sp³-hybridized carbons (Fsp3) is 0.294. The second kappa shape index (κ2) is 5.77. The largest absolute Gasteiger partial charge is 0.496 e. The van der Waals surface area contributed by atoms with Crippen LogP contribution in [-0.2, 0) is 21.5 Å². The molecule has 1 unspecified atom stereocenters. The minimum absolute atomic E-state index is 0.0122. The van der Waals surface area contributed by atoms with Crippen LogP contribution in [0.4, 0.5) is 4.39 Å². The lowest BCUT2D eigenvalue weighted by Crippen LogP contribution is -2.36. The normalized spacial score (nSPS) is 21.1. The minimum Gasteiger partial charge on any atom is -0.496 e. The van der Waals surface area contributed by atoms with Gasteiger partial charge in [0.2, 0.25) is 11.8 Å². The average Bonchev–Trinajstić information content (AvgIpc) is 3.12. The molecular weight excluding hydrogens is 317 g/mol. The zero-order chi connectivity index (χ0) is 16.6. The molecule has 1 aromatic heterocycles. The van der Waals surface area contributed by atoms with E-state index in [-0.39, 0.29) is 24.8 Å². The van der Waals surface area contributed by atoms with Crippen LogP contribution in [0.5, 0.6) is 5.75 Å². The number of halogens is 1. The molecule has 1 aromatic carbocycles. The summed E-state index contributed by atoms with van der Waals surface area (Å²) in [5.74, 6) is -0.487. The highest BCUT2D eigenvalue weighted by molar-refractivity contribution is 7.08. The van der Waals surface area contributed by atoms with Crippen LogP contribution in [0.2, 0.25) is 0 Å². The molecule has 3 rings (SSSR count). The van der Waals surface area contributed by atoms with Gasteiger partial charge >= 0.3 is 0 Å². The molecule has 0 bridgehead atoms. The topological polar surface area (TPSA) is 46.6 Å². The standard InChI is InChI=1S/C17H16FNO3S/c1-17(12-5-6-23-10-12)8-15(20)19(16(17)21)9-11-7-13(18)3-4-14(11)22-2/h3-7,10H,8-9H2,1-2H3. The molecule has 0 saturated carbocycles. The summed E-state index contributed by atoms with van der Waals surface area (Å²) in [5, 5.41) is 3.77. The third kappa shape index (κ3) is 2.63. The van der Waals surface area contributed by atoms with Crippen LogP contribution in [0.15, 0.2) is 35.0 Å². The highest BCUT2D eigenvalue weighted by Crippen LogP contribution is 2.38. The van der Waals surface area contributed by atoms with Crippen LogP contribution >= 0.6 is 11.3 Å². The van der Waals surface area contributed by atoms with Gasteiger partial charge in [0, 0.05) is 12.0 Å². The number of amides is 2. The molecule has 1 aliphatic rings. The van der Waals surface area contributed by atoms with Crippen molar-refractivity contribution >= 4 is 23.2 Å². The maximum Gasteiger partial charge on any atom is 0.240 e. The Kier molecular flexibility index (Phi) is 3.93. The van der Waals surface area contributed by atoms with E-state index in [9.17, 15) is 14.0 Å². The number of methoxy groups -OCH3 is 1. The van der Waals surface area contributed by atoms with Crippen molar-refractivity contribution in [2.24, 2.45) is 0 Å². The zero-order valence-electron chi connectivity index (χ0n) is 12.8. The highest BCUT2D eigenvalue weighted by atomic mass is 32.1. The molecule has 0 aliphatic carbocycles. The number of hydrogen-bond acceptors (Lipinski definition) is 4. The summed E-state index contributed by atoms with van der Waals surface area (Å²) in [7, 11) is 1.47. The molecule has 23 heavy (non-hydrogen) atoms. The molecule has 4 nitrogen and oxygen atoms in total. The summed E-state index contributed by atoms with van der Waals surface area (Å²) in [5.41, 5.74) is 0.468. The first-order valence-electron chi connectivity index (χ1n) is 7.15. The first kappa shape index (κ1) is 15.7. The Hall–Kier alpha value is -2.21. The molecule has 2 amide bonds. The molecule has 2 heterocycles. The Morgan fingerprint density at radius 2 is 2.13 bits per heavy atom. The van der Waals surface area contributed by atoms with E-state index in [4.69, 9.17) is 4.74 Å². The summed E-state index contributed by atoms with van der Waals surface area (Å²) in [6, 6.07) is 5.93. The number of likely N-dealkylation sites (tertiary alicyclic amines) is 1. The summed E-state index contributed by atoms with van der Waals surface area (Å²) in [6.07, 6.45) is 0.125. The second-order valence-corrected chi connectivity index (χ2v) is 6.54. The van der Waals surface area contributed by atoms with Crippen molar-refractivity contribution in [2.75, 3.05) is 7.11 Å². The Labute approximate surface area is 137 Å². The van der Waals surface area contributed by atoms with Crippen molar-refractivity contribution in [1.29, 1.82) is 0 Å². The Balaban J connectivity index is 1.91. The predicted octanol–water partition coefficient (Wildman–Crippen LogP) is 3.11. The van der Waals surface area contributed by atoms with Crippen molar-refractivity contribution in [3.8, 4) is 5.75 Å². The van der Waals surface area contributed by atoms with E-state index in [0.29, 0.717) is 11.3 Å². The van der Waals surface area contributed by atoms with Crippen LogP contribution in [-0.4, -0.2) is 23.8 Å². The van der Waals surface area contributed by atoms with E-state index in [1.165, 1.54) is 41.5 Å². The van der Waals surface area contributed by atoms with Gasteiger partial charge in [-0.3, -0.25) is 14.5 Å². The number of imide groups is 1. The van der Waals surface area contributed by atoms with Gasteiger partial charge in [0.15, 0.2) is 0 Å². The van der Waals surface area contributed by atoms with Crippen molar-refractivity contribution in [3.05, 3.63) is 52.0 Å². The SMILES string of the molecule is COc1ccc(F)cc1CN1C(=O)CC(C)(c2ccsc2)C1=O. The van der Waals surface area contributed by atoms with Gasteiger partial charge in [-0.15, -0.1) is 0 Å². The van der Waals surface area contributed by atoms with E-state index >= 15 is 0 Å². The maximum atomic E-state index is 13.5. The fourth-order valence-corrected chi connectivity index (χ4v) is 3.68. The number of benzene rings is 1. The number of carbonyl (C=O) groups excluding carboxylic acids is 2. The first-order chi connectivity index (χ1) is 11.0. The van der Waals surface area contributed by atoms with Crippen LogP contribution < -0.4 is 4.74 Å². The molecule has 0 spiro atoms. The third-order valence-electron chi connectivity index (χ3n) is 4.25. The van der Waals surface area contributed by atoms with E-state index < -0.39 is 11.2 Å². The van der Waals surface area contributed by atoms with E-state index in [1.807, 2.05) is 16.8 Å². The number of hydrogen-bond donors (Lipinski definition) is 0. The molecule has 120 valence electrons. The molecule has 1 atom stereocenters. The molecule has 1 aliphatic heterocycles. The molecule has 0 N–H and O–H groups in total. The number of rotatable bonds is 4. The van der Waals surface area contributed by atoms with Crippen LogP contribution in [0, 0.1) is 5.82 Å². The lowest BCUT2D eigenvalue weighted by Gasteiger charge is -2.22. The minimum atomic E-state index is -0.850. The van der Waals surface area contributed by atoms with E-state index in [0.717, 1.165) is 5.56 Å². The lowest BCUT2D eigenvalue weighted by molar-refractivity contribution is -0.140. The van der Waals surface area contributed by atoms with Crippen molar-refractivity contribution in [3.63, 3.8) is 0 Å². The van der Waals surface area contributed by atoms with E-state index in [2.05, 4.69) is 0 Å². The summed E-state index contributed by atoms with van der Waals surface area (Å²) in [6.45, 7) is 1.79. The smallest absolute Gasteiger partial charge is 0.240 e. The maximum absolute atomic E-state index is 13.5. The quantitative estimate of drug-likeness (QED) is 0.808. The van der Waals surface area contributed by atoms with Gasteiger partial charge in [0.25, 0.3) is 0 Å². The predicted molar refractivity (Wildman–Crippen MR) is 84.8 cm³/mol. The summed E-state index contributed by atoms with van der Waals surface area (Å²) in [4.78, 5) is 26.3. The number of carbonyl (C=O) groups is 2. The van der Waals surface area contributed by atoms with Gasteiger partial charge in [-0.2, -0.15) is 11.3 Å². The average molecular weight is 333 g/mol. The molecule has 2 aromatic rings. The number of nitrogens with zero attached hydrogens (tertiary/aromatic N) is 1. The Morgan fingerprint density at radius 1 is 1.35 bits per heavy atom. The second-order valence-electron chi connectivity index (χ2n) is 5.76. The molecular formula is C17H16FNO3S. The Bertz CT molecular complexity index is 759. The molecule has 6 heteroatoms. The van der Waals surface area contributed by atoms with Gasteiger partial charge in [-0.25, -0.2) is 4.39 Å².